The highest BCUT2D eigenvalue weighted by molar-refractivity contribution is 5.14. The fraction of sp³-hybridized carbons (Fsp3) is 0.385. The Balaban J connectivity index is 1.84. The Morgan fingerprint density at radius 1 is 1.11 bits per heavy atom. The Morgan fingerprint density at radius 3 is 2.56 bits per heavy atom. The van der Waals surface area contributed by atoms with Crippen LogP contribution in [0.2, 0.25) is 0 Å². The van der Waals surface area contributed by atoms with E-state index in [1.54, 1.807) is 10.9 Å². The molecule has 0 unspecified atom stereocenters. The first-order chi connectivity index (χ1) is 8.84. The molecule has 1 saturated heterocycles. The minimum absolute atomic E-state index is 0.0549. The lowest BCUT2D eigenvalue weighted by molar-refractivity contribution is 0.558. The molecule has 1 aliphatic heterocycles. The first kappa shape index (κ1) is 11.1. The van der Waals surface area contributed by atoms with Gasteiger partial charge in [0.1, 0.15) is 6.33 Å². The number of nitrogens with zero attached hydrogens (tertiary/aromatic N) is 4. The molecule has 5 nitrogen and oxygen atoms in total. The van der Waals surface area contributed by atoms with Crippen molar-refractivity contribution < 1.29 is 0 Å². The van der Waals surface area contributed by atoms with Crippen LogP contribution in [0.15, 0.2) is 41.5 Å². The van der Waals surface area contributed by atoms with Crippen LogP contribution >= 0.6 is 0 Å². The van der Waals surface area contributed by atoms with Crippen LogP contribution < -0.4 is 10.7 Å². The number of benzene rings is 1. The van der Waals surface area contributed by atoms with Gasteiger partial charge < -0.3 is 0 Å². The van der Waals surface area contributed by atoms with Crippen LogP contribution in [-0.2, 0) is 6.54 Å². The van der Waals surface area contributed by atoms with Gasteiger partial charge in [0.25, 0.3) is 0 Å². The largest absolute Gasteiger partial charge is 0.365 e. The summed E-state index contributed by atoms with van der Waals surface area (Å²) >= 11 is 0. The summed E-state index contributed by atoms with van der Waals surface area (Å²) in [5, 5.41) is 6.19. The quantitative estimate of drug-likeness (QED) is 0.803. The second kappa shape index (κ2) is 4.68. The van der Waals surface area contributed by atoms with Crippen LogP contribution in [0.25, 0.3) is 0 Å². The smallest absolute Gasteiger partial charge is 0.292 e. The third kappa shape index (κ3) is 2.03. The highest BCUT2D eigenvalue weighted by Gasteiger charge is 2.16. The van der Waals surface area contributed by atoms with Crippen LogP contribution in [0.5, 0.6) is 0 Å². The van der Waals surface area contributed by atoms with Crippen molar-refractivity contribution in [3.8, 4) is 0 Å². The van der Waals surface area contributed by atoms with E-state index >= 15 is 0 Å². The van der Waals surface area contributed by atoms with Gasteiger partial charge in [-0.3, -0.25) is 9.58 Å². The Labute approximate surface area is 105 Å². The number of hydrogen-bond donors (Lipinski definition) is 0. The molecular formula is C13H16N4O. The van der Waals surface area contributed by atoms with Gasteiger partial charge in [0.2, 0.25) is 0 Å². The molecule has 0 bridgehead atoms. The maximum absolute atomic E-state index is 12.2. The number of rotatable bonds is 3. The lowest BCUT2D eigenvalue weighted by atomic mass is 10.2. The van der Waals surface area contributed by atoms with E-state index in [-0.39, 0.29) is 5.69 Å². The van der Waals surface area contributed by atoms with Crippen LogP contribution in [0.1, 0.15) is 18.4 Å². The summed E-state index contributed by atoms with van der Waals surface area (Å²) in [5.41, 5.74) is 1.06. The molecule has 0 spiro atoms. The van der Waals surface area contributed by atoms with Crippen molar-refractivity contribution in [2.75, 3.05) is 18.1 Å². The second-order valence-electron chi connectivity index (χ2n) is 4.58. The first-order valence-electron chi connectivity index (χ1n) is 6.28. The molecule has 1 fully saturated rings. The van der Waals surface area contributed by atoms with Gasteiger partial charge in [-0.05, 0) is 18.4 Å². The maximum atomic E-state index is 12.2. The summed E-state index contributed by atoms with van der Waals surface area (Å²) in [6.45, 7) is 2.41. The zero-order chi connectivity index (χ0) is 12.4. The van der Waals surface area contributed by atoms with Crippen molar-refractivity contribution in [2.24, 2.45) is 0 Å². The Hall–Kier alpha value is -2.04. The molecule has 0 radical (unpaired) electrons. The van der Waals surface area contributed by atoms with Gasteiger partial charge in [-0.15, -0.1) is 9.89 Å². The summed E-state index contributed by atoms with van der Waals surface area (Å²) in [6, 6.07) is 9.95. The molecule has 18 heavy (non-hydrogen) atoms. The van der Waals surface area contributed by atoms with Gasteiger partial charge in [-0.1, -0.05) is 30.3 Å². The van der Waals surface area contributed by atoms with E-state index in [2.05, 4.69) is 5.10 Å². The summed E-state index contributed by atoms with van der Waals surface area (Å²) in [4.78, 5) is 13.7. The molecular weight excluding hydrogens is 228 g/mol. The molecule has 3 rings (SSSR count). The van der Waals surface area contributed by atoms with E-state index < -0.39 is 0 Å². The summed E-state index contributed by atoms with van der Waals surface area (Å²) in [5.74, 6) is 0. The van der Waals surface area contributed by atoms with E-state index in [0.717, 1.165) is 31.5 Å². The van der Waals surface area contributed by atoms with Crippen molar-refractivity contribution in [1.82, 2.24) is 14.5 Å². The normalized spacial score (nSPS) is 15.2. The van der Waals surface area contributed by atoms with Gasteiger partial charge in [-0.25, -0.2) is 4.79 Å². The number of aromatic nitrogens is 3. The Bertz CT molecular complexity index is 566. The molecule has 2 heterocycles. The zero-order valence-electron chi connectivity index (χ0n) is 10.2. The van der Waals surface area contributed by atoms with E-state index in [4.69, 9.17) is 0 Å². The Morgan fingerprint density at radius 2 is 1.83 bits per heavy atom. The fourth-order valence-electron chi connectivity index (χ4n) is 2.30. The van der Waals surface area contributed by atoms with E-state index in [0.29, 0.717) is 6.54 Å². The van der Waals surface area contributed by atoms with Gasteiger partial charge in [0, 0.05) is 13.1 Å². The Kier molecular flexibility index (Phi) is 2.88. The van der Waals surface area contributed by atoms with Crippen LogP contribution in [0.3, 0.4) is 0 Å². The van der Waals surface area contributed by atoms with Crippen molar-refractivity contribution in [1.29, 1.82) is 0 Å². The zero-order valence-corrected chi connectivity index (χ0v) is 10.2. The molecule has 94 valence electrons. The predicted octanol–water partition coefficient (Wildman–Crippen LogP) is 0.825. The third-order valence-electron chi connectivity index (χ3n) is 3.26. The SMILES string of the molecule is O=c1n(Cc2ccccc2)cnn1N1CCCC1. The van der Waals surface area contributed by atoms with Gasteiger partial charge in [-0.2, -0.15) is 0 Å². The average molecular weight is 244 g/mol. The topological polar surface area (TPSA) is 43.1 Å². The van der Waals surface area contributed by atoms with Gasteiger partial charge >= 0.3 is 5.69 Å². The first-order valence-corrected chi connectivity index (χ1v) is 6.28. The molecule has 1 aromatic carbocycles. The molecule has 5 heteroatoms. The summed E-state index contributed by atoms with van der Waals surface area (Å²) in [7, 11) is 0. The van der Waals surface area contributed by atoms with Crippen LogP contribution in [0.4, 0.5) is 0 Å². The minimum Gasteiger partial charge on any atom is -0.292 e. The molecule has 2 aromatic rings. The third-order valence-corrected chi connectivity index (χ3v) is 3.26. The average Bonchev–Trinajstić information content (AvgIpc) is 3.02. The van der Waals surface area contributed by atoms with Crippen LogP contribution in [-0.4, -0.2) is 27.5 Å². The van der Waals surface area contributed by atoms with Crippen molar-refractivity contribution in [3.05, 3.63) is 52.7 Å². The lowest BCUT2D eigenvalue weighted by Crippen LogP contribution is -2.41. The van der Waals surface area contributed by atoms with Crippen molar-refractivity contribution in [3.63, 3.8) is 0 Å². The lowest BCUT2D eigenvalue weighted by Gasteiger charge is -2.14. The van der Waals surface area contributed by atoms with Crippen molar-refractivity contribution >= 4 is 0 Å². The molecule has 0 saturated carbocycles. The molecule has 0 amide bonds. The number of hydrogen-bond acceptors (Lipinski definition) is 3. The minimum atomic E-state index is -0.0549. The van der Waals surface area contributed by atoms with E-state index in [9.17, 15) is 4.79 Å². The fourth-order valence-corrected chi connectivity index (χ4v) is 2.30. The van der Waals surface area contributed by atoms with E-state index in [1.165, 1.54) is 4.79 Å². The van der Waals surface area contributed by atoms with Gasteiger partial charge in [0.15, 0.2) is 0 Å². The monoisotopic (exact) mass is 244 g/mol. The van der Waals surface area contributed by atoms with Crippen molar-refractivity contribution in [2.45, 2.75) is 19.4 Å². The van der Waals surface area contributed by atoms with Gasteiger partial charge in [0.05, 0.1) is 6.54 Å². The molecule has 0 N–H and O–H groups in total. The highest BCUT2D eigenvalue weighted by atomic mass is 16.2. The second-order valence-corrected chi connectivity index (χ2v) is 4.58. The summed E-state index contributed by atoms with van der Waals surface area (Å²) in [6.07, 6.45) is 3.89. The maximum Gasteiger partial charge on any atom is 0.365 e. The standard InChI is InChI=1S/C13H16N4O/c18-13-15(10-12-6-2-1-3-7-12)11-14-17(13)16-8-4-5-9-16/h1-3,6-7,11H,4-5,8-10H2. The molecule has 0 aliphatic carbocycles. The molecule has 1 aliphatic rings. The van der Waals surface area contributed by atoms with E-state index in [1.807, 2.05) is 35.3 Å². The molecule has 0 atom stereocenters. The van der Waals surface area contributed by atoms with Crippen LogP contribution in [0, 0.1) is 0 Å². The predicted molar refractivity (Wildman–Crippen MR) is 69.2 cm³/mol. The highest BCUT2D eigenvalue weighted by Crippen LogP contribution is 2.04. The summed E-state index contributed by atoms with van der Waals surface area (Å²) < 4.78 is 1.65. The molecule has 1 aromatic heterocycles.